The van der Waals surface area contributed by atoms with E-state index in [9.17, 15) is 9.00 Å². The van der Waals surface area contributed by atoms with E-state index in [2.05, 4.69) is 20.3 Å². The average Bonchev–Trinajstić information content (AvgIpc) is 3.05. The van der Waals surface area contributed by atoms with Crippen molar-refractivity contribution < 1.29 is 9.00 Å². The Morgan fingerprint density at radius 1 is 1.25 bits per heavy atom. The van der Waals surface area contributed by atoms with Crippen LogP contribution in [0.15, 0.2) is 60.1 Å². The predicted octanol–water partition coefficient (Wildman–Crippen LogP) is 2.87. The van der Waals surface area contributed by atoms with Crippen molar-refractivity contribution in [3.63, 3.8) is 0 Å². The Morgan fingerprint density at radius 2 is 2.04 bits per heavy atom. The van der Waals surface area contributed by atoms with E-state index < -0.39 is 10.8 Å². The van der Waals surface area contributed by atoms with E-state index in [1.165, 1.54) is 0 Å². The van der Waals surface area contributed by atoms with E-state index in [0.717, 1.165) is 11.3 Å². The molecule has 3 rings (SSSR count). The Morgan fingerprint density at radius 3 is 2.79 bits per heavy atom. The number of aromatic amines is 1. The number of hydrogen-bond acceptors (Lipinski definition) is 4. The first-order valence-electron chi connectivity index (χ1n) is 7.01. The van der Waals surface area contributed by atoms with Crippen molar-refractivity contribution in [2.45, 2.75) is 5.16 Å². The maximum Gasteiger partial charge on any atom is 0.237 e. The van der Waals surface area contributed by atoms with Crippen LogP contribution in [0.2, 0.25) is 5.02 Å². The molecule has 2 heterocycles. The molecule has 0 saturated carbocycles. The smallest absolute Gasteiger partial charge is 0.237 e. The standard InChI is InChI=1S/C16H13ClN4O2S/c17-12-2-1-3-13(8-12)20-15(22)10-24(23)16-19-9-14(21-16)11-4-6-18-7-5-11/h1-9H,10H2,(H,19,21)(H,20,22). The molecule has 0 aliphatic rings. The molecule has 122 valence electrons. The number of carbonyl (C=O) groups is 1. The van der Waals surface area contributed by atoms with Crippen LogP contribution in [0.1, 0.15) is 0 Å². The third-order valence-corrected chi connectivity index (χ3v) is 4.53. The second-order valence-corrected chi connectivity index (χ2v) is 6.69. The van der Waals surface area contributed by atoms with Crippen molar-refractivity contribution in [2.24, 2.45) is 0 Å². The van der Waals surface area contributed by atoms with Crippen molar-refractivity contribution in [3.05, 3.63) is 60.0 Å². The van der Waals surface area contributed by atoms with Crippen molar-refractivity contribution >= 4 is 34.0 Å². The van der Waals surface area contributed by atoms with Crippen molar-refractivity contribution in [1.82, 2.24) is 15.0 Å². The van der Waals surface area contributed by atoms with Crippen LogP contribution in [-0.2, 0) is 15.6 Å². The lowest BCUT2D eigenvalue weighted by Gasteiger charge is -2.04. The van der Waals surface area contributed by atoms with Gasteiger partial charge in [-0.1, -0.05) is 17.7 Å². The Balaban J connectivity index is 1.65. The molecule has 0 aliphatic heterocycles. The predicted molar refractivity (Wildman–Crippen MR) is 93.2 cm³/mol. The summed E-state index contributed by atoms with van der Waals surface area (Å²) in [4.78, 5) is 23.0. The number of hydrogen-bond donors (Lipinski definition) is 2. The maximum atomic E-state index is 12.3. The van der Waals surface area contributed by atoms with Gasteiger partial charge in [0.25, 0.3) is 0 Å². The molecule has 24 heavy (non-hydrogen) atoms. The van der Waals surface area contributed by atoms with Gasteiger partial charge in [-0.3, -0.25) is 14.0 Å². The van der Waals surface area contributed by atoms with Gasteiger partial charge in [-0.05, 0) is 30.3 Å². The first-order valence-corrected chi connectivity index (χ1v) is 8.71. The molecule has 0 radical (unpaired) electrons. The lowest BCUT2D eigenvalue weighted by atomic mass is 10.2. The molecule has 1 atom stereocenters. The highest BCUT2D eigenvalue weighted by molar-refractivity contribution is 7.85. The largest absolute Gasteiger partial charge is 0.331 e. The lowest BCUT2D eigenvalue weighted by molar-refractivity contribution is -0.113. The summed E-state index contributed by atoms with van der Waals surface area (Å²) >= 11 is 5.86. The number of carbonyl (C=O) groups excluding carboxylic acids is 1. The van der Waals surface area contributed by atoms with E-state index >= 15 is 0 Å². The number of aromatic nitrogens is 3. The number of anilines is 1. The van der Waals surface area contributed by atoms with Gasteiger partial charge in [-0.2, -0.15) is 0 Å². The molecule has 1 aromatic carbocycles. The average molecular weight is 361 g/mol. The molecule has 1 amide bonds. The van der Waals surface area contributed by atoms with Crippen LogP contribution in [0, 0.1) is 0 Å². The Bertz CT molecular complexity index is 883. The number of amides is 1. The van der Waals surface area contributed by atoms with Crippen LogP contribution in [0.5, 0.6) is 0 Å². The fourth-order valence-corrected chi connectivity index (χ4v) is 3.08. The molecule has 2 N–H and O–H groups in total. The molecule has 6 nitrogen and oxygen atoms in total. The fraction of sp³-hybridized carbons (Fsp3) is 0.0625. The summed E-state index contributed by atoms with van der Waals surface area (Å²) in [5.74, 6) is -0.576. The van der Waals surface area contributed by atoms with Crippen LogP contribution in [0.4, 0.5) is 5.69 Å². The van der Waals surface area contributed by atoms with Crippen LogP contribution in [-0.4, -0.2) is 30.8 Å². The van der Waals surface area contributed by atoms with Crippen LogP contribution in [0.25, 0.3) is 11.3 Å². The number of halogens is 1. The third kappa shape index (κ3) is 4.06. The lowest BCUT2D eigenvalue weighted by Crippen LogP contribution is -2.20. The summed E-state index contributed by atoms with van der Waals surface area (Å²) in [5.41, 5.74) is 2.15. The topological polar surface area (TPSA) is 87.7 Å². The van der Waals surface area contributed by atoms with Crippen molar-refractivity contribution in [3.8, 4) is 11.3 Å². The highest BCUT2D eigenvalue weighted by Crippen LogP contribution is 2.17. The fourth-order valence-electron chi connectivity index (χ4n) is 2.05. The third-order valence-electron chi connectivity index (χ3n) is 3.13. The number of nitrogens with zero attached hydrogens (tertiary/aromatic N) is 2. The van der Waals surface area contributed by atoms with Gasteiger partial charge in [0.05, 0.1) is 22.7 Å². The first kappa shape index (κ1) is 16.4. The summed E-state index contributed by atoms with van der Waals surface area (Å²) < 4.78 is 12.3. The molecule has 1 unspecified atom stereocenters. The van der Waals surface area contributed by atoms with Crippen LogP contribution in [0.3, 0.4) is 0 Å². The number of imidazole rings is 1. The van der Waals surface area contributed by atoms with Crippen LogP contribution < -0.4 is 5.32 Å². The molecule has 0 spiro atoms. The minimum Gasteiger partial charge on any atom is -0.331 e. The number of rotatable bonds is 5. The van der Waals surface area contributed by atoms with Gasteiger partial charge in [0, 0.05) is 28.7 Å². The summed E-state index contributed by atoms with van der Waals surface area (Å²) in [7, 11) is -1.57. The maximum absolute atomic E-state index is 12.3. The Labute approximate surface area is 145 Å². The molecular weight excluding hydrogens is 348 g/mol. The Kier molecular flexibility index (Phi) is 5.02. The summed E-state index contributed by atoms with van der Waals surface area (Å²) in [5, 5.41) is 3.42. The summed E-state index contributed by atoms with van der Waals surface area (Å²) in [6.07, 6.45) is 4.90. The molecule has 0 saturated heterocycles. The second kappa shape index (κ2) is 7.37. The monoisotopic (exact) mass is 360 g/mol. The van der Waals surface area contributed by atoms with Gasteiger partial charge in [0.1, 0.15) is 5.75 Å². The number of benzene rings is 1. The van der Waals surface area contributed by atoms with Gasteiger partial charge in [0.15, 0.2) is 5.16 Å². The SMILES string of the molecule is O=C(CS(=O)c1ncc(-c2ccncc2)[nH]1)Nc1cccc(Cl)c1. The Hall–Kier alpha value is -2.51. The number of nitrogens with one attached hydrogen (secondary N) is 2. The number of H-pyrrole nitrogens is 1. The number of pyridine rings is 1. The van der Waals surface area contributed by atoms with Crippen LogP contribution >= 0.6 is 11.6 Å². The molecule has 0 bridgehead atoms. The zero-order valence-corrected chi connectivity index (χ0v) is 14.0. The highest BCUT2D eigenvalue weighted by Gasteiger charge is 2.14. The summed E-state index contributed by atoms with van der Waals surface area (Å²) in [6, 6.07) is 10.4. The van der Waals surface area contributed by atoms with Crippen molar-refractivity contribution in [2.75, 3.05) is 11.1 Å². The molecular formula is C16H13ClN4O2S. The summed E-state index contributed by atoms with van der Waals surface area (Å²) in [6.45, 7) is 0. The van der Waals surface area contributed by atoms with E-state index in [1.807, 2.05) is 12.1 Å². The highest BCUT2D eigenvalue weighted by atomic mass is 35.5. The van der Waals surface area contributed by atoms with Gasteiger partial charge in [0.2, 0.25) is 5.91 Å². The second-order valence-electron chi connectivity index (χ2n) is 4.89. The minimum absolute atomic E-state index is 0.199. The molecule has 3 aromatic rings. The normalized spacial score (nSPS) is 11.9. The van der Waals surface area contributed by atoms with Crippen molar-refractivity contribution in [1.29, 1.82) is 0 Å². The van der Waals surface area contributed by atoms with E-state index in [0.29, 0.717) is 10.7 Å². The van der Waals surface area contributed by atoms with E-state index in [1.54, 1.807) is 42.9 Å². The van der Waals surface area contributed by atoms with Gasteiger partial charge >= 0.3 is 0 Å². The molecule has 2 aromatic heterocycles. The zero-order chi connectivity index (χ0) is 16.9. The minimum atomic E-state index is -1.57. The van der Waals surface area contributed by atoms with E-state index in [4.69, 9.17) is 11.6 Å². The van der Waals surface area contributed by atoms with Gasteiger partial charge < -0.3 is 10.3 Å². The molecule has 0 fully saturated rings. The quantitative estimate of drug-likeness (QED) is 0.732. The van der Waals surface area contributed by atoms with E-state index in [-0.39, 0.29) is 16.8 Å². The van der Waals surface area contributed by atoms with Gasteiger partial charge in [-0.25, -0.2) is 4.98 Å². The zero-order valence-electron chi connectivity index (χ0n) is 12.4. The van der Waals surface area contributed by atoms with Gasteiger partial charge in [-0.15, -0.1) is 0 Å². The molecule has 0 aliphatic carbocycles. The molecule has 8 heteroatoms. The first-order chi connectivity index (χ1) is 11.6.